The van der Waals surface area contributed by atoms with Gasteiger partial charge in [-0.1, -0.05) is 42.5 Å². The number of guanidine groups is 1. The van der Waals surface area contributed by atoms with Crippen LogP contribution in [0.3, 0.4) is 0 Å². The Hall–Kier alpha value is -2.93. The van der Waals surface area contributed by atoms with Crippen LogP contribution < -0.4 is 10.6 Å². The van der Waals surface area contributed by atoms with E-state index in [9.17, 15) is 10.1 Å². The number of non-ortho nitro benzene ring substituents is 1. The molecule has 0 radical (unpaired) electrons. The monoisotopic (exact) mass is 395 g/mol. The van der Waals surface area contributed by atoms with Crippen molar-refractivity contribution in [3.63, 3.8) is 0 Å². The first-order valence-electron chi connectivity index (χ1n) is 10.2. The number of hydrogen-bond donors (Lipinski definition) is 2. The van der Waals surface area contributed by atoms with Crippen LogP contribution in [0.1, 0.15) is 36.9 Å². The summed E-state index contributed by atoms with van der Waals surface area (Å²) in [5.41, 5.74) is 2.21. The van der Waals surface area contributed by atoms with Gasteiger partial charge < -0.3 is 10.6 Å². The number of nitrogens with one attached hydrogen (secondary N) is 2. The van der Waals surface area contributed by atoms with Crippen molar-refractivity contribution in [2.24, 2.45) is 4.99 Å². The summed E-state index contributed by atoms with van der Waals surface area (Å²) in [6.45, 7) is 6.15. The lowest BCUT2D eigenvalue weighted by molar-refractivity contribution is -0.384. The van der Waals surface area contributed by atoms with Crippen molar-refractivity contribution in [3.05, 3.63) is 75.8 Å². The molecule has 1 unspecified atom stereocenters. The van der Waals surface area contributed by atoms with E-state index in [1.165, 1.54) is 24.5 Å². The average molecular weight is 396 g/mol. The lowest BCUT2D eigenvalue weighted by Gasteiger charge is -2.29. The normalized spacial score (nSPS) is 15.8. The van der Waals surface area contributed by atoms with E-state index < -0.39 is 0 Å². The molecule has 1 aliphatic rings. The molecule has 1 aliphatic heterocycles. The van der Waals surface area contributed by atoms with Crippen LogP contribution in [-0.2, 0) is 6.54 Å². The van der Waals surface area contributed by atoms with Crippen LogP contribution in [-0.4, -0.2) is 42.0 Å². The van der Waals surface area contributed by atoms with Crippen LogP contribution in [0.2, 0.25) is 0 Å². The summed E-state index contributed by atoms with van der Waals surface area (Å²) in [5.74, 6) is 0.721. The number of rotatable bonds is 8. The molecule has 0 amide bonds. The molecular weight excluding hydrogens is 366 g/mol. The molecule has 1 heterocycles. The maximum Gasteiger partial charge on any atom is 0.269 e. The van der Waals surface area contributed by atoms with Crippen LogP contribution in [0.5, 0.6) is 0 Å². The zero-order chi connectivity index (χ0) is 20.5. The Bertz CT molecular complexity index is 819. The summed E-state index contributed by atoms with van der Waals surface area (Å²) in [5, 5.41) is 17.7. The second kappa shape index (κ2) is 10.6. The molecule has 3 rings (SSSR count). The fourth-order valence-electron chi connectivity index (χ4n) is 3.66. The summed E-state index contributed by atoms with van der Waals surface area (Å²) in [6, 6.07) is 17.5. The van der Waals surface area contributed by atoms with Crippen molar-refractivity contribution in [1.29, 1.82) is 0 Å². The highest BCUT2D eigenvalue weighted by atomic mass is 16.6. The minimum absolute atomic E-state index is 0.0915. The van der Waals surface area contributed by atoms with Gasteiger partial charge >= 0.3 is 0 Å². The quantitative estimate of drug-likeness (QED) is 0.309. The highest BCUT2D eigenvalue weighted by Gasteiger charge is 2.23. The van der Waals surface area contributed by atoms with Crippen LogP contribution in [0.25, 0.3) is 0 Å². The van der Waals surface area contributed by atoms with Crippen molar-refractivity contribution < 1.29 is 4.92 Å². The number of nitro benzene ring substituents is 1. The number of benzene rings is 2. The van der Waals surface area contributed by atoms with E-state index in [1.54, 1.807) is 12.1 Å². The molecule has 0 bridgehead atoms. The van der Waals surface area contributed by atoms with Gasteiger partial charge in [-0.2, -0.15) is 0 Å². The minimum atomic E-state index is -0.378. The van der Waals surface area contributed by atoms with E-state index >= 15 is 0 Å². The first kappa shape index (κ1) is 20.8. The molecule has 7 nitrogen and oxygen atoms in total. The molecule has 1 fully saturated rings. The molecule has 29 heavy (non-hydrogen) atoms. The average Bonchev–Trinajstić information content (AvgIpc) is 3.27. The largest absolute Gasteiger partial charge is 0.357 e. The minimum Gasteiger partial charge on any atom is -0.357 e. The maximum absolute atomic E-state index is 11.0. The van der Waals surface area contributed by atoms with Gasteiger partial charge in [0.15, 0.2) is 5.96 Å². The molecular formula is C22H29N5O2. The number of nitro groups is 1. The molecule has 0 spiro atoms. The molecule has 2 aromatic carbocycles. The van der Waals surface area contributed by atoms with Gasteiger partial charge in [-0.25, -0.2) is 4.99 Å². The van der Waals surface area contributed by atoms with Crippen LogP contribution in [0.15, 0.2) is 59.6 Å². The van der Waals surface area contributed by atoms with Crippen molar-refractivity contribution in [2.45, 2.75) is 32.4 Å². The summed E-state index contributed by atoms with van der Waals surface area (Å²) in [7, 11) is 0. The van der Waals surface area contributed by atoms with E-state index in [-0.39, 0.29) is 10.6 Å². The van der Waals surface area contributed by atoms with Crippen molar-refractivity contribution >= 4 is 11.6 Å². The van der Waals surface area contributed by atoms with E-state index in [0.717, 1.165) is 37.7 Å². The van der Waals surface area contributed by atoms with Gasteiger partial charge in [-0.15, -0.1) is 0 Å². The second-order valence-electron chi connectivity index (χ2n) is 7.17. The Morgan fingerprint density at radius 3 is 2.59 bits per heavy atom. The Kier molecular flexibility index (Phi) is 7.58. The van der Waals surface area contributed by atoms with E-state index in [4.69, 9.17) is 0 Å². The van der Waals surface area contributed by atoms with E-state index in [0.29, 0.717) is 12.6 Å². The molecule has 1 atom stereocenters. The standard InChI is InChI=1S/C22H29N5O2/c1-2-23-22(24-16-18-9-8-12-20(15-18)27(28)29)25-17-21(26-13-6-7-14-26)19-10-4-3-5-11-19/h3-5,8-12,15,21H,2,6-7,13-14,16-17H2,1H3,(H2,23,24,25). The van der Waals surface area contributed by atoms with Crippen molar-refractivity contribution in [2.75, 3.05) is 26.2 Å². The lowest BCUT2D eigenvalue weighted by Crippen LogP contribution is -2.42. The predicted octanol–water partition coefficient (Wildman–Crippen LogP) is 3.49. The topological polar surface area (TPSA) is 82.8 Å². The molecule has 7 heteroatoms. The van der Waals surface area contributed by atoms with Gasteiger partial charge in [0.05, 0.1) is 17.5 Å². The van der Waals surface area contributed by atoms with Crippen LogP contribution in [0.4, 0.5) is 5.69 Å². The van der Waals surface area contributed by atoms with Gasteiger partial charge in [-0.3, -0.25) is 15.0 Å². The van der Waals surface area contributed by atoms with Gasteiger partial charge in [0.25, 0.3) is 5.69 Å². The SMILES string of the molecule is CCNC(=NCc1cccc([N+](=O)[O-])c1)NCC(c1ccccc1)N1CCCC1. The summed E-state index contributed by atoms with van der Waals surface area (Å²) < 4.78 is 0. The predicted molar refractivity (Wildman–Crippen MR) is 116 cm³/mol. The number of aliphatic imine (C=N–C) groups is 1. The smallest absolute Gasteiger partial charge is 0.269 e. The fourth-order valence-corrected chi connectivity index (χ4v) is 3.66. The van der Waals surface area contributed by atoms with Gasteiger partial charge in [0, 0.05) is 25.2 Å². The van der Waals surface area contributed by atoms with Crippen molar-refractivity contribution in [3.8, 4) is 0 Å². The zero-order valence-electron chi connectivity index (χ0n) is 16.9. The van der Waals surface area contributed by atoms with Crippen LogP contribution in [0, 0.1) is 10.1 Å². The third-order valence-corrected chi connectivity index (χ3v) is 5.11. The van der Waals surface area contributed by atoms with E-state index in [2.05, 4.69) is 44.8 Å². The van der Waals surface area contributed by atoms with Gasteiger partial charge in [0.1, 0.15) is 0 Å². The third kappa shape index (κ3) is 6.02. The molecule has 2 aromatic rings. The van der Waals surface area contributed by atoms with Crippen LogP contribution >= 0.6 is 0 Å². The highest BCUT2D eigenvalue weighted by molar-refractivity contribution is 5.79. The van der Waals surface area contributed by atoms with Gasteiger partial charge in [0.2, 0.25) is 0 Å². The van der Waals surface area contributed by atoms with E-state index in [1.807, 2.05) is 19.1 Å². The summed E-state index contributed by atoms with van der Waals surface area (Å²) in [4.78, 5) is 17.7. The zero-order valence-corrected chi connectivity index (χ0v) is 16.9. The Labute approximate surface area is 172 Å². The number of hydrogen-bond acceptors (Lipinski definition) is 4. The maximum atomic E-state index is 11.0. The first-order chi connectivity index (χ1) is 14.2. The Morgan fingerprint density at radius 1 is 1.14 bits per heavy atom. The highest BCUT2D eigenvalue weighted by Crippen LogP contribution is 2.24. The second-order valence-corrected chi connectivity index (χ2v) is 7.17. The summed E-state index contributed by atoms with van der Waals surface area (Å²) >= 11 is 0. The molecule has 0 aromatic heterocycles. The molecule has 154 valence electrons. The Morgan fingerprint density at radius 2 is 1.90 bits per heavy atom. The van der Waals surface area contributed by atoms with Crippen molar-refractivity contribution in [1.82, 2.24) is 15.5 Å². The summed E-state index contributed by atoms with van der Waals surface area (Å²) in [6.07, 6.45) is 2.48. The fraction of sp³-hybridized carbons (Fsp3) is 0.409. The lowest BCUT2D eigenvalue weighted by atomic mass is 10.1. The van der Waals surface area contributed by atoms with Gasteiger partial charge in [-0.05, 0) is 44.0 Å². The Balaban J connectivity index is 1.69. The molecule has 0 saturated carbocycles. The molecule has 0 aliphatic carbocycles. The molecule has 1 saturated heterocycles. The third-order valence-electron chi connectivity index (χ3n) is 5.11. The first-order valence-corrected chi connectivity index (χ1v) is 10.2. The number of likely N-dealkylation sites (tertiary alicyclic amines) is 1. The number of nitrogens with zero attached hydrogens (tertiary/aromatic N) is 3. The molecule has 2 N–H and O–H groups in total.